The summed E-state index contributed by atoms with van der Waals surface area (Å²) in [6, 6.07) is 18.9. The molecule has 0 radical (unpaired) electrons. The number of hydrogen-bond donors (Lipinski definition) is 1. The van der Waals surface area contributed by atoms with E-state index in [0.29, 0.717) is 22.9 Å². The molecule has 0 aliphatic carbocycles. The van der Waals surface area contributed by atoms with Crippen LogP contribution in [0.15, 0.2) is 60.7 Å². The van der Waals surface area contributed by atoms with Crippen molar-refractivity contribution in [2.75, 3.05) is 5.32 Å². The van der Waals surface area contributed by atoms with Crippen LogP contribution in [0, 0.1) is 13.8 Å². The fourth-order valence-corrected chi connectivity index (χ4v) is 2.78. The number of nitrogens with one attached hydrogen (secondary N) is 1. The van der Waals surface area contributed by atoms with E-state index in [4.69, 9.17) is 4.74 Å². The summed E-state index contributed by atoms with van der Waals surface area (Å²) >= 11 is 0. The van der Waals surface area contributed by atoms with Crippen molar-refractivity contribution in [1.29, 1.82) is 0 Å². The summed E-state index contributed by atoms with van der Waals surface area (Å²) < 4.78 is 5.94. The summed E-state index contributed by atoms with van der Waals surface area (Å²) in [6.45, 7) is 8.03. The summed E-state index contributed by atoms with van der Waals surface area (Å²) in [7, 11) is 0. The predicted molar refractivity (Wildman–Crippen MR) is 109 cm³/mol. The van der Waals surface area contributed by atoms with Crippen molar-refractivity contribution in [2.45, 2.75) is 33.6 Å². The fourth-order valence-electron chi connectivity index (χ4n) is 2.78. The Balaban J connectivity index is 1.76. The minimum Gasteiger partial charge on any atom is -0.457 e. The molecule has 0 saturated carbocycles. The molecule has 0 atom stereocenters. The minimum absolute atomic E-state index is 0.177. The first-order valence-electron chi connectivity index (χ1n) is 9.06. The Morgan fingerprint density at radius 2 is 1.78 bits per heavy atom. The number of benzene rings is 2. The van der Waals surface area contributed by atoms with Crippen LogP contribution in [0.4, 0.5) is 5.69 Å². The SMILES string of the molecule is Cc1ccccc1Oc1cccc(NC(=O)c2ccc(C(C)C)nc2C)c1. The number of hydrogen-bond acceptors (Lipinski definition) is 3. The zero-order valence-corrected chi connectivity index (χ0v) is 16.1. The number of nitrogens with zero attached hydrogens (tertiary/aromatic N) is 1. The number of aromatic nitrogens is 1. The van der Waals surface area contributed by atoms with E-state index in [-0.39, 0.29) is 5.91 Å². The van der Waals surface area contributed by atoms with Crippen molar-refractivity contribution in [3.63, 3.8) is 0 Å². The molecule has 0 fully saturated rings. The van der Waals surface area contributed by atoms with Gasteiger partial charge in [0.05, 0.1) is 11.3 Å². The van der Waals surface area contributed by atoms with E-state index < -0.39 is 0 Å². The molecular formula is C23H24N2O2. The average molecular weight is 360 g/mol. The van der Waals surface area contributed by atoms with Crippen LogP contribution >= 0.6 is 0 Å². The Kier molecular flexibility index (Phi) is 5.55. The lowest BCUT2D eigenvalue weighted by molar-refractivity contribution is 0.102. The van der Waals surface area contributed by atoms with E-state index in [0.717, 1.165) is 22.7 Å². The number of rotatable bonds is 5. The molecule has 2 aromatic carbocycles. The third-order valence-electron chi connectivity index (χ3n) is 4.36. The van der Waals surface area contributed by atoms with Crippen LogP contribution in [-0.4, -0.2) is 10.9 Å². The summed E-state index contributed by atoms with van der Waals surface area (Å²) in [6.07, 6.45) is 0. The molecule has 1 aromatic heterocycles. The maximum Gasteiger partial charge on any atom is 0.257 e. The molecule has 0 bridgehead atoms. The molecule has 0 unspecified atom stereocenters. The average Bonchev–Trinajstić information content (AvgIpc) is 2.63. The quantitative estimate of drug-likeness (QED) is 0.619. The predicted octanol–water partition coefficient (Wildman–Crippen LogP) is 5.87. The molecule has 27 heavy (non-hydrogen) atoms. The topological polar surface area (TPSA) is 51.2 Å². The summed E-state index contributed by atoms with van der Waals surface area (Å²) in [4.78, 5) is 17.2. The zero-order valence-electron chi connectivity index (χ0n) is 16.1. The second-order valence-corrected chi connectivity index (χ2v) is 6.87. The molecule has 1 heterocycles. The lowest BCUT2D eigenvalue weighted by Gasteiger charge is -2.12. The van der Waals surface area contributed by atoms with Gasteiger partial charge in [0.2, 0.25) is 0 Å². The number of pyridine rings is 1. The Morgan fingerprint density at radius 1 is 1.00 bits per heavy atom. The standard InChI is InChI=1S/C23H24N2O2/c1-15(2)21-13-12-20(17(4)24-21)23(26)25-18-9-7-10-19(14-18)27-22-11-6-5-8-16(22)3/h5-15H,1-4H3,(H,25,26). The Labute approximate surface area is 160 Å². The number of amides is 1. The van der Waals surface area contributed by atoms with Crippen LogP contribution in [0.1, 0.15) is 47.1 Å². The number of ether oxygens (including phenoxy) is 1. The lowest BCUT2D eigenvalue weighted by atomic mass is 10.1. The summed E-state index contributed by atoms with van der Waals surface area (Å²) in [5.41, 5.74) is 4.02. The van der Waals surface area contributed by atoms with Crippen LogP contribution in [0.5, 0.6) is 11.5 Å². The highest BCUT2D eigenvalue weighted by atomic mass is 16.5. The van der Waals surface area contributed by atoms with Gasteiger partial charge in [0.25, 0.3) is 5.91 Å². The first kappa shape index (κ1) is 18.6. The van der Waals surface area contributed by atoms with Gasteiger partial charge in [-0.15, -0.1) is 0 Å². The number of anilines is 1. The summed E-state index contributed by atoms with van der Waals surface area (Å²) in [5, 5.41) is 2.93. The molecule has 138 valence electrons. The third kappa shape index (κ3) is 4.53. The zero-order chi connectivity index (χ0) is 19.4. The van der Waals surface area contributed by atoms with Gasteiger partial charge in [0, 0.05) is 17.4 Å². The maximum atomic E-state index is 12.6. The van der Waals surface area contributed by atoms with Crippen molar-refractivity contribution in [3.8, 4) is 11.5 Å². The van der Waals surface area contributed by atoms with Gasteiger partial charge in [0.15, 0.2) is 0 Å². The van der Waals surface area contributed by atoms with Gasteiger partial charge >= 0.3 is 0 Å². The monoisotopic (exact) mass is 360 g/mol. The molecule has 1 amide bonds. The third-order valence-corrected chi connectivity index (χ3v) is 4.36. The van der Waals surface area contributed by atoms with Crippen LogP contribution in [0.3, 0.4) is 0 Å². The molecule has 0 saturated heterocycles. The van der Waals surface area contributed by atoms with E-state index in [1.807, 2.05) is 74.5 Å². The molecule has 3 aromatic rings. The number of aryl methyl sites for hydroxylation is 2. The van der Waals surface area contributed by atoms with E-state index in [2.05, 4.69) is 24.1 Å². The number of carbonyl (C=O) groups is 1. The molecular weight excluding hydrogens is 336 g/mol. The van der Waals surface area contributed by atoms with E-state index >= 15 is 0 Å². The normalized spacial score (nSPS) is 10.7. The van der Waals surface area contributed by atoms with Gasteiger partial charge in [-0.1, -0.05) is 38.1 Å². The second-order valence-electron chi connectivity index (χ2n) is 6.87. The minimum atomic E-state index is -0.177. The molecule has 0 spiro atoms. The molecule has 0 aliphatic heterocycles. The van der Waals surface area contributed by atoms with Crippen molar-refractivity contribution in [1.82, 2.24) is 4.98 Å². The van der Waals surface area contributed by atoms with Crippen molar-refractivity contribution in [3.05, 3.63) is 83.2 Å². The maximum absolute atomic E-state index is 12.6. The highest BCUT2D eigenvalue weighted by molar-refractivity contribution is 6.05. The lowest BCUT2D eigenvalue weighted by Crippen LogP contribution is -2.14. The van der Waals surface area contributed by atoms with Gasteiger partial charge < -0.3 is 10.1 Å². The first-order chi connectivity index (χ1) is 12.9. The molecule has 1 N–H and O–H groups in total. The smallest absolute Gasteiger partial charge is 0.257 e. The van der Waals surface area contributed by atoms with Gasteiger partial charge in [-0.2, -0.15) is 0 Å². The number of para-hydroxylation sites is 1. The highest BCUT2D eigenvalue weighted by Crippen LogP contribution is 2.27. The second kappa shape index (κ2) is 8.04. The van der Waals surface area contributed by atoms with Gasteiger partial charge in [-0.3, -0.25) is 9.78 Å². The van der Waals surface area contributed by atoms with Crippen molar-refractivity contribution in [2.24, 2.45) is 0 Å². The summed E-state index contributed by atoms with van der Waals surface area (Å²) in [5.74, 6) is 1.62. The van der Waals surface area contributed by atoms with Gasteiger partial charge in [-0.25, -0.2) is 0 Å². The number of carbonyl (C=O) groups excluding carboxylic acids is 1. The van der Waals surface area contributed by atoms with Crippen LogP contribution < -0.4 is 10.1 Å². The van der Waals surface area contributed by atoms with E-state index in [9.17, 15) is 4.79 Å². The molecule has 4 nitrogen and oxygen atoms in total. The van der Waals surface area contributed by atoms with Gasteiger partial charge in [-0.05, 0) is 55.7 Å². The largest absolute Gasteiger partial charge is 0.457 e. The Bertz CT molecular complexity index is 964. The van der Waals surface area contributed by atoms with E-state index in [1.165, 1.54) is 0 Å². The van der Waals surface area contributed by atoms with E-state index in [1.54, 1.807) is 0 Å². The first-order valence-corrected chi connectivity index (χ1v) is 9.06. The van der Waals surface area contributed by atoms with Crippen molar-refractivity contribution >= 4 is 11.6 Å². The molecule has 3 rings (SSSR count). The van der Waals surface area contributed by atoms with Gasteiger partial charge in [0.1, 0.15) is 11.5 Å². The molecule has 0 aliphatic rings. The Hall–Kier alpha value is -3.14. The Morgan fingerprint density at radius 3 is 2.48 bits per heavy atom. The molecule has 4 heteroatoms. The fraction of sp³-hybridized carbons (Fsp3) is 0.217. The highest BCUT2D eigenvalue weighted by Gasteiger charge is 2.13. The van der Waals surface area contributed by atoms with Crippen LogP contribution in [0.25, 0.3) is 0 Å². The van der Waals surface area contributed by atoms with Crippen molar-refractivity contribution < 1.29 is 9.53 Å². The van der Waals surface area contributed by atoms with Crippen LogP contribution in [0.2, 0.25) is 0 Å². The van der Waals surface area contributed by atoms with Crippen LogP contribution in [-0.2, 0) is 0 Å².